The first kappa shape index (κ1) is 22.5. The van der Waals surface area contributed by atoms with E-state index < -0.39 is 37.3 Å². The molecule has 4 atom stereocenters. The Labute approximate surface area is 192 Å². The zero-order valence-corrected chi connectivity index (χ0v) is 19.2. The van der Waals surface area contributed by atoms with Crippen LogP contribution in [0.3, 0.4) is 0 Å². The molecule has 5 aliphatic rings. The van der Waals surface area contributed by atoms with Crippen LogP contribution in [0.4, 0.5) is 4.39 Å². The van der Waals surface area contributed by atoms with E-state index >= 15 is 4.39 Å². The summed E-state index contributed by atoms with van der Waals surface area (Å²) >= 11 is 6.41. The van der Waals surface area contributed by atoms with Crippen LogP contribution in [0.25, 0.3) is 0 Å². The average molecular weight is 487 g/mol. The average Bonchev–Trinajstić information content (AvgIpc) is 2.70. The second-order valence-electron chi connectivity index (χ2n) is 10.1. The summed E-state index contributed by atoms with van der Waals surface area (Å²) in [5.74, 6) is -0.559. The standard InChI is InChI=1S/C22H28ClFN2O5S/c23-22(24,31-25-18(28)17-5-2-1-3-6-17)21-12-15-9-16(13-21)11-20(10-15,14-27)19(21)32(29,30)26-7-4-8-26/h1-3,5-6,15-16,19,27H,4,7-14H2,(H,25,28). The van der Waals surface area contributed by atoms with Crippen LogP contribution in [0.15, 0.2) is 30.3 Å². The number of nitrogens with zero attached hydrogens (tertiary/aromatic N) is 1. The lowest BCUT2D eigenvalue weighted by Gasteiger charge is -2.67. The number of hydrogen-bond donors (Lipinski definition) is 2. The smallest absolute Gasteiger partial charge is 0.314 e. The van der Waals surface area contributed by atoms with Gasteiger partial charge in [-0.05, 0) is 74.1 Å². The lowest BCUT2D eigenvalue weighted by Crippen LogP contribution is -2.73. The third-order valence-corrected chi connectivity index (χ3v) is 11.2. The predicted octanol–water partition coefficient (Wildman–Crippen LogP) is 2.80. The molecule has 1 heterocycles. The van der Waals surface area contributed by atoms with Crippen LogP contribution in [-0.4, -0.2) is 54.0 Å². The number of amides is 1. The van der Waals surface area contributed by atoms with Crippen molar-refractivity contribution in [1.82, 2.24) is 9.79 Å². The fourth-order valence-corrected chi connectivity index (χ4v) is 10.3. The van der Waals surface area contributed by atoms with Crippen LogP contribution in [0.5, 0.6) is 0 Å². The highest BCUT2D eigenvalue weighted by Crippen LogP contribution is 2.71. The Morgan fingerprint density at radius 2 is 1.84 bits per heavy atom. The second kappa shape index (κ2) is 7.63. The van der Waals surface area contributed by atoms with Gasteiger partial charge in [0.15, 0.2) is 0 Å². The van der Waals surface area contributed by atoms with E-state index in [2.05, 4.69) is 5.48 Å². The summed E-state index contributed by atoms with van der Waals surface area (Å²) in [5.41, 5.74) is -0.158. The van der Waals surface area contributed by atoms with Crippen LogP contribution >= 0.6 is 11.6 Å². The molecule has 4 aliphatic carbocycles. The van der Waals surface area contributed by atoms with E-state index in [1.54, 1.807) is 30.3 Å². The van der Waals surface area contributed by atoms with E-state index in [0.29, 0.717) is 25.9 Å². The Morgan fingerprint density at radius 3 is 2.38 bits per heavy atom. The third kappa shape index (κ3) is 3.23. The first-order valence-electron chi connectivity index (χ1n) is 11.1. The maximum atomic E-state index is 16.3. The van der Waals surface area contributed by atoms with Crippen LogP contribution in [0, 0.1) is 22.7 Å². The van der Waals surface area contributed by atoms with E-state index in [9.17, 15) is 18.3 Å². The molecule has 4 unspecified atom stereocenters. The molecule has 176 valence electrons. The largest absolute Gasteiger partial charge is 0.396 e. The van der Waals surface area contributed by atoms with E-state index in [1.165, 1.54) is 4.31 Å². The van der Waals surface area contributed by atoms with Gasteiger partial charge in [0.25, 0.3) is 5.91 Å². The summed E-state index contributed by atoms with van der Waals surface area (Å²) in [4.78, 5) is 17.7. The van der Waals surface area contributed by atoms with E-state index in [1.807, 2.05) is 0 Å². The van der Waals surface area contributed by atoms with Crippen molar-refractivity contribution in [2.45, 2.75) is 49.1 Å². The molecule has 7 nitrogen and oxygen atoms in total. The Bertz CT molecular complexity index is 987. The van der Waals surface area contributed by atoms with Crippen molar-refractivity contribution in [2.24, 2.45) is 22.7 Å². The van der Waals surface area contributed by atoms with E-state index in [4.69, 9.17) is 16.4 Å². The fraction of sp³-hybridized carbons (Fsp3) is 0.682. The van der Waals surface area contributed by atoms with Gasteiger partial charge in [0.2, 0.25) is 10.0 Å². The minimum Gasteiger partial charge on any atom is -0.396 e. The highest BCUT2D eigenvalue weighted by atomic mass is 35.5. The van der Waals surface area contributed by atoms with Crippen molar-refractivity contribution >= 4 is 27.5 Å². The van der Waals surface area contributed by atoms with Gasteiger partial charge in [-0.15, -0.1) is 0 Å². The molecular formula is C22H28ClFN2O5S. The van der Waals surface area contributed by atoms with Crippen LogP contribution in [0.2, 0.25) is 0 Å². The highest BCUT2D eigenvalue weighted by Gasteiger charge is 2.75. The summed E-state index contributed by atoms with van der Waals surface area (Å²) in [6.45, 7) is 0.426. The molecule has 1 aromatic rings. The van der Waals surface area contributed by atoms with E-state index in [0.717, 1.165) is 12.8 Å². The van der Waals surface area contributed by atoms with Gasteiger partial charge < -0.3 is 5.11 Å². The lowest BCUT2D eigenvalue weighted by atomic mass is 9.43. The molecule has 2 N–H and O–H groups in total. The lowest BCUT2D eigenvalue weighted by molar-refractivity contribution is -0.255. The van der Waals surface area contributed by atoms with Crippen molar-refractivity contribution in [3.8, 4) is 0 Å². The van der Waals surface area contributed by atoms with Gasteiger partial charge >= 0.3 is 5.31 Å². The number of sulfonamides is 1. The van der Waals surface area contributed by atoms with Gasteiger partial charge in [0.1, 0.15) is 0 Å². The fourth-order valence-electron chi connectivity index (χ4n) is 7.06. The first-order chi connectivity index (χ1) is 15.1. The molecule has 1 amide bonds. The summed E-state index contributed by atoms with van der Waals surface area (Å²) < 4.78 is 45.2. The minimum absolute atomic E-state index is 0.0554. The number of aliphatic hydroxyl groups excluding tert-OH is 1. The Balaban J connectivity index is 1.51. The number of alkyl halides is 2. The van der Waals surface area contributed by atoms with Crippen LogP contribution in [0.1, 0.15) is 48.9 Å². The van der Waals surface area contributed by atoms with Crippen molar-refractivity contribution in [3.63, 3.8) is 0 Å². The molecule has 4 saturated carbocycles. The van der Waals surface area contributed by atoms with Crippen LogP contribution < -0.4 is 5.48 Å². The van der Waals surface area contributed by atoms with Gasteiger partial charge in [-0.2, -0.15) is 4.39 Å². The molecule has 0 aromatic heterocycles. The number of aliphatic hydroxyl groups is 1. The number of nitrogens with one attached hydrogen (secondary N) is 1. The third-order valence-electron chi connectivity index (χ3n) is 8.10. The second-order valence-corrected chi connectivity index (χ2v) is 12.6. The number of hydrogen-bond acceptors (Lipinski definition) is 5. The molecule has 32 heavy (non-hydrogen) atoms. The maximum Gasteiger partial charge on any atom is 0.314 e. The van der Waals surface area contributed by atoms with Crippen molar-refractivity contribution in [1.29, 1.82) is 0 Å². The van der Waals surface area contributed by atoms with Gasteiger partial charge in [-0.1, -0.05) is 18.2 Å². The molecule has 0 radical (unpaired) electrons. The topological polar surface area (TPSA) is 95.9 Å². The summed E-state index contributed by atoms with van der Waals surface area (Å²) in [7, 11) is -3.93. The summed E-state index contributed by atoms with van der Waals surface area (Å²) in [6.07, 6.45) is 3.16. The number of halogens is 2. The van der Waals surface area contributed by atoms with E-state index in [-0.39, 0.29) is 36.8 Å². The number of benzene rings is 1. The molecule has 4 bridgehead atoms. The SMILES string of the molecule is O=C(NOC(F)(Cl)C12CC3CC(CC(CO)(C3)C1S(=O)(=O)N1CCC1)C2)c1ccccc1. The Kier molecular flexibility index (Phi) is 5.37. The van der Waals surface area contributed by atoms with Gasteiger partial charge in [-0.3, -0.25) is 4.79 Å². The number of carbonyl (C=O) groups excluding carboxylic acids is 1. The van der Waals surface area contributed by atoms with Crippen molar-refractivity contribution < 1.29 is 27.5 Å². The Morgan fingerprint density at radius 1 is 1.22 bits per heavy atom. The summed E-state index contributed by atoms with van der Waals surface area (Å²) in [6, 6.07) is 8.18. The molecule has 5 fully saturated rings. The van der Waals surface area contributed by atoms with Crippen molar-refractivity contribution in [3.05, 3.63) is 35.9 Å². The Hall–Kier alpha value is -1.26. The normalized spacial score (nSPS) is 38.2. The number of carbonyl (C=O) groups is 1. The maximum absolute atomic E-state index is 16.3. The zero-order chi connectivity index (χ0) is 22.8. The molecule has 10 heteroatoms. The van der Waals surface area contributed by atoms with Gasteiger partial charge in [0, 0.05) is 24.1 Å². The molecule has 6 rings (SSSR count). The monoisotopic (exact) mass is 486 g/mol. The van der Waals surface area contributed by atoms with Crippen molar-refractivity contribution in [2.75, 3.05) is 19.7 Å². The molecule has 0 spiro atoms. The zero-order valence-electron chi connectivity index (χ0n) is 17.7. The number of hydroxylamine groups is 1. The molecule has 1 aliphatic heterocycles. The van der Waals surface area contributed by atoms with Gasteiger partial charge in [-0.25, -0.2) is 23.0 Å². The summed E-state index contributed by atoms with van der Waals surface area (Å²) in [5, 5.41) is 6.27. The minimum atomic E-state index is -3.93. The molecule has 1 aromatic carbocycles. The molecular weight excluding hydrogens is 459 g/mol. The van der Waals surface area contributed by atoms with Crippen LogP contribution in [-0.2, 0) is 14.9 Å². The quantitative estimate of drug-likeness (QED) is 0.456. The van der Waals surface area contributed by atoms with Gasteiger partial charge in [0.05, 0.1) is 17.3 Å². The first-order valence-corrected chi connectivity index (χ1v) is 13.0. The number of rotatable bonds is 7. The highest BCUT2D eigenvalue weighted by molar-refractivity contribution is 7.89. The molecule has 1 saturated heterocycles. The predicted molar refractivity (Wildman–Crippen MR) is 116 cm³/mol.